The maximum atomic E-state index is 12.3. The molecule has 0 saturated heterocycles. The van der Waals surface area contributed by atoms with Gasteiger partial charge in [-0.3, -0.25) is 0 Å². The van der Waals surface area contributed by atoms with Crippen molar-refractivity contribution in [3.8, 4) is 0 Å². The fourth-order valence-corrected chi connectivity index (χ4v) is 3.00. The summed E-state index contributed by atoms with van der Waals surface area (Å²) in [7, 11) is 0.293. The number of rotatable bonds is 8. The molecule has 1 heterocycles. The van der Waals surface area contributed by atoms with Crippen LogP contribution < -0.4 is 10.0 Å². The highest BCUT2D eigenvalue weighted by molar-refractivity contribution is 7.89. The molecule has 0 aliphatic heterocycles. The fraction of sp³-hybridized carbons (Fsp3) is 0.714. The molecular weight excluding hydrogens is 290 g/mol. The highest BCUT2D eigenvalue weighted by Gasteiger charge is 2.22. The number of nitrogens with one attached hydrogen (secondary N) is 2. The normalized spacial score (nSPS) is 14.1. The van der Waals surface area contributed by atoms with E-state index in [2.05, 4.69) is 10.0 Å². The van der Waals surface area contributed by atoms with Crippen LogP contribution in [0.4, 0.5) is 0 Å². The minimum absolute atomic E-state index is 0.120. The average Bonchev–Trinajstić information content (AvgIpc) is 2.75. The van der Waals surface area contributed by atoms with E-state index in [0.717, 1.165) is 0 Å². The smallest absolute Gasteiger partial charge is 0.244 e. The molecule has 1 rings (SSSR count). The monoisotopic (exact) mass is 317 g/mol. The highest BCUT2D eigenvalue weighted by Crippen LogP contribution is 2.20. The molecule has 1 aromatic rings. The van der Waals surface area contributed by atoms with Crippen LogP contribution in [0.2, 0.25) is 0 Å². The van der Waals surface area contributed by atoms with Gasteiger partial charge in [0.1, 0.15) is 16.4 Å². The molecule has 0 amide bonds. The first-order valence-electron chi connectivity index (χ1n) is 7.12. The topological polar surface area (TPSA) is 74.6 Å². The van der Waals surface area contributed by atoms with E-state index >= 15 is 0 Å². The Morgan fingerprint density at radius 1 is 1.29 bits per heavy atom. The lowest BCUT2D eigenvalue weighted by atomic mass is 10.3. The number of nitrogens with zero attached hydrogens (tertiary/aromatic N) is 1. The van der Waals surface area contributed by atoms with Gasteiger partial charge in [0.15, 0.2) is 0 Å². The molecule has 0 aromatic carbocycles. The van der Waals surface area contributed by atoms with Crippen molar-refractivity contribution in [3.63, 3.8) is 0 Å². The molecule has 0 fully saturated rings. The molecule has 1 atom stereocenters. The van der Waals surface area contributed by atoms with E-state index in [-0.39, 0.29) is 10.9 Å². The summed E-state index contributed by atoms with van der Waals surface area (Å²) >= 11 is 0. The van der Waals surface area contributed by atoms with Gasteiger partial charge >= 0.3 is 0 Å². The Morgan fingerprint density at radius 3 is 2.43 bits per heavy atom. The molecule has 0 spiro atoms. The maximum absolute atomic E-state index is 12.3. The first-order valence-corrected chi connectivity index (χ1v) is 8.60. The third-order valence-corrected chi connectivity index (χ3v) is 4.88. The van der Waals surface area contributed by atoms with Gasteiger partial charge in [-0.05, 0) is 27.9 Å². The van der Waals surface area contributed by atoms with E-state index in [0.29, 0.717) is 30.7 Å². The van der Waals surface area contributed by atoms with E-state index in [9.17, 15) is 8.42 Å². The van der Waals surface area contributed by atoms with Gasteiger partial charge in [0, 0.05) is 24.7 Å². The number of likely N-dealkylation sites (N-methyl/N-ethyl adjacent to an activating group) is 1. The number of furan rings is 1. The zero-order chi connectivity index (χ0) is 16.2. The number of sulfonamides is 1. The van der Waals surface area contributed by atoms with Crippen molar-refractivity contribution < 1.29 is 12.8 Å². The van der Waals surface area contributed by atoms with Crippen molar-refractivity contribution >= 4 is 10.0 Å². The van der Waals surface area contributed by atoms with Crippen molar-refractivity contribution in [1.82, 2.24) is 14.9 Å². The highest BCUT2D eigenvalue weighted by atomic mass is 32.2. The van der Waals surface area contributed by atoms with Gasteiger partial charge in [-0.15, -0.1) is 0 Å². The molecule has 0 bridgehead atoms. The lowest BCUT2D eigenvalue weighted by Gasteiger charge is -2.19. The molecule has 1 unspecified atom stereocenters. The van der Waals surface area contributed by atoms with Gasteiger partial charge in [0.2, 0.25) is 10.0 Å². The first-order chi connectivity index (χ1) is 9.63. The number of hydrogen-bond donors (Lipinski definition) is 2. The Bertz CT molecular complexity index is 550. The second-order valence-electron chi connectivity index (χ2n) is 5.83. The summed E-state index contributed by atoms with van der Waals surface area (Å²) < 4.78 is 32.8. The zero-order valence-corrected chi connectivity index (χ0v) is 14.5. The van der Waals surface area contributed by atoms with Gasteiger partial charge in [-0.25, -0.2) is 13.1 Å². The summed E-state index contributed by atoms with van der Waals surface area (Å²) in [4.78, 5) is 2.18. The Hall–Kier alpha value is -0.890. The molecule has 7 heteroatoms. The summed E-state index contributed by atoms with van der Waals surface area (Å²) in [5.41, 5.74) is 0. The van der Waals surface area contributed by atoms with Crippen LogP contribution in [0.5, 0.6) is 0 Å². The van der Waals surface area contributed by atoms with Gasteiger partial charge < -0.3 is 14.6 Å². The van der Waals surface area contributed by atoms with E-state index in [4.69, 9.17) is 4.42 Å². The second kappa shape index (κ2) is 7.40. The summed E-state index contributed by atoms with van der Waals surface area (Å²) in [6, 6.07) is 2.02. The molecule has 0 aliphatic carbocycles. The molecule has 122 valence electrons. The molecule has 6 nitrogen and oxygen atoms in total. The van der Waals surface area contributed by atoms with Gasteiger partial charge in [-0.2, -0.15) is 0 Å². The van der Waals surface area contributed by atoms with Crippen LogP contribution in [0, 0.1) is 6.92 Å². The standard InChI is InChI=1S/C14H27N3O3S/c1-10(2)15-9-13-7-14(12(4)20-13)21(18,19)16-8-11(3)17(5)6/h7,10-11,15-16H,8-9H2,1-6H3. The Kier molecular flexibility index (Phi) is 6.40. The van der Waals surface area contributed by atoms with Crippen molar-refractivity contribution in [2.45, 2.75) is 51.2 Å². The molecule has 0 saturated carbocycles. The van der Waals surface area contributed by atoms with Crippen LogP contribution in [0.1, 0.15) is 32.3 Å². The Labute approximate surface area is 127 Å². The summed E-state index contributed by atoms with van der Waals surface area (Å²) in [6.45, 7) is 8.56. The van der Waals surface area contributed by atoms with Crippen molar-refractivity contribution in [2.24, 2.45) is 0 Å². The van der Waals surface area contributed by atoms with Crippen LogP contribution in [0.25, 0.3) is 0 Å². The van der Waals surface area contributed by atoms with Gasteiger partial charge in [0.05, 0.1) is 6.54 Å². The second-order valence-corrected chi connectivity index (χ2v) is 7.57. The Balaban J connectivity index is 2.79. The molecule has 21 heavy (non-hydrogen) atoms. The first kappa shape index (κ1) is 18.2. The van der Waals surface area contributed by atoms with E-state index in [1.54, 1.807) is 13.0 Å². The van der Waals surface area contributed by atoms with Gasteiger partial charge in [0.25, 0.3) is 0 Å². The molecule has 2 N–H and O–H groups in total. The van der Waals surface area contributed by atoms with E-state index in [1.807, 2.05) is 39.8 Å². The van der Waals surface area contributed by atoms with Gasteiger partial charge in [-0.1, -0.05) is 13.8 Å². The van der Waals surface area contributed by atoms with Crippen LogP contribution in [-0.4, -0.2) is 46.0 Å². The van der Waals surface area contributed by atoms with Crippen molar-refractivity contribution in [1.29, 1.82) is 0 Å². The van der Waals surface area contributed by atoms with Crippen LogP contribution in [-0.2, 0) is 16.6 Å². The van der Waals surface area contributed by atoms with Crippen molar-refractivity contribution in [3.05, 3.63) is 17.6 Å². The van der Waals surface area contributed by atoms with Crippen LogP contribution in [0.3, 0.4) is 0 Å². The average molecular weight is 317 g/mol. The molecule has 0 radical (unpaired) electrons. The third kappa shape index (κ3) is 5.43. The minimum Gasteiger partial charge on any atom is -0.464 e. The predicted octanol–water partition coefficient (Wildman–Crippen LogP) is 1.31. The van der Waals surface area contributed by atoms with Crippen LogP contribution >= 0.6 is 0 Å². The number of hydrogen-bond acceptors (Lipinski definition) is 5. The van der Waals surface area contributed by atoms with Crippen LogP contribution in [0.15, 0.2) is 15.4 Å². The molecule has 0 aliphatic rings. The quantitative estimate of drug-likeness (QED) is 0.756. The summed E-state index contributed by atoms with van der Waals surface area (Å²) in [6.07, 6.45) is 0. The lowest BCUT2D eigenvalue weighted by Crippen LogP contribution is -2.38. The SMILES string of the molecule is Cc1oc(CNC(C)C)cc1S(=O)(=O)NCC(C)N(C)C. The number of aryl methyl sites for hydroxylation is 1. The van der Waals surface area contributed by atoms with E-state index < -0.39 is 10.0 Å². The van der Waals surface area contributed by atoms with Crippen molar-refractivity contribution in [2.75, 3.05) is 20.6 Å². The summed E-state index contributed by atoms with van der Waals surface area (Å²) in [5, 5.41) is 3.20. The fourth-order valence-electron chi connectivity index (χ4n) is 1.67. The Morgan fingerprint density at radius 2 is 1.90 bits per heavy atom. The molecular formula is C14H27N3O3S. The maximum Gasteiger partial charge on any atom is 0.244 e. The molecule has 1 aromatic heterocycles. The predicted molar refractivity (Wildman–Crippen MR) is 83.8 cm³/mol. The third-order valence-electron chi connectivity index (χ3n) is 3.35. The largest absolute Gasteiger partial charge is 0.464 e. The zero-order valence-electron chi connectivity index (χ0n) is 13.7. The summed E-state index contributed by atoms with van der Waals surface area (Å²) in [5.74, 6) is 1.04. The lowest BCUT2D eigenvalue weighted by molar-refractivity contribution is 0.314. The minimum atomic E-state index is -3.54. The van der Waals surface area contributed by atoms with E-state index in [1.165, 1.54) is 0 Å².